The Morgan fingerprint density at radius 3 is 2.56 bits per heavy atom. The van der Waals surface area contributed by atoms with Crippen LogP contribution in [0.3, 0.4) is 0 Å². The average molecular weight is 271 g/mol. The molecular weight excluding hydrogens is 251 g/mol. The van der Waals surface area contributed by atoms with E-state index in [0.29, 0.717) is 28.8 Å². The predicted octanol–water partition coefficient (Wildman–Crippen LogP) is 4.21. The molecule has 0 amide bonds. The maximum atomic E-state index is 13.2. The molecule has 100 valence electrons. The van der Waals surface area contributed by atoms with E-state index in [1.165, 1.54) is 12.1 Å². The summed E-state index contributed by atoms with van der Waals surface area (Å²) in [5.41, 5.74) is -0.0328. The van der Waals surface area contributed by atoms with Gasteiger partial charge in [0, 0.05) is 11.4 Å². The maximum absolute atomic E-state index is 13.2. The zero-order valence-corrected chi connectivity index (χ0v) is 11.7. The van der Waals surface area contributed by atoms with Gasteiger partial charge in [-0.3, -0.25) is 0 Å². The van der Waals surface area contributed by atoms with Crippen molar-refractivity contribution in [2.45, 2.75) is 45.1 Å². The summed E-state index contributed by atoms with van der Waals surface area (Å²) in [4.78, 5) is 0. The van der Waals surface area contributed by atoms with Crippen LogP contribution in [-0.4, -0.2) is 10.7 Å². The van der Waals surface area contributed by atoms with E-state index in [-0.39, 0.29) is 5.82 Å². The Morgan fingerprint density at radius 1 is 1.33 bits per heavy atom. The molecule has 1 saturated carbocycles. The molecule has 0 heterocycles. The lowest BCUT2D eigenvalue weighted by molar-refractivity contribution is -0.0304. The number of hydrogen-bond donors (Lipinski definition) is 1. The van der Waals surface area contributed by atoms with Crippen molar-refractivity contribution in [1.29, 1.82) is 0 Å². The van der Waals surface area contributed by atoms with Gasteiger partial charge in [-0.2, -0.15) is 0 Å². The van der Waals surface area contributed by atoms with E-state index in [1.54, 1.807) is 6.07 Å². The van der Waals surface area contributed by atoms with Gasteiger partial charge in [0.1, 0.15) is 5.82 Å². The second-order valence-corrected chi connectivity index (χ2v) is 6.40. The molecule has 0 spiro atoms. The minimum Gasteiger partial charge on any atom is -0.390 e. The first kappa shape index (κ1) is 13.8. The highest BCUT2D eigenvalue weighted by Gasteiger charge is 2.36. The van der Waals surface area contributed by atoms with Crippen molar-refractivity contribution in [1.82, 2.24) is 0 Å². The fraction of sp³-hybridized carbons (Fsp3) is 0.600. The molecule has 0 bridgehead atoms. The number of aliphatic hydroxyl groups is 1. The first-order valence-corrected chi connectivity index (χ1v) is 6.92. The van der Waals surface area contributed by atoms with Crippen molar-refractivity contribution in [3.8, 4) is 0 Å². The van der Waals surface area contributed by atoms with Gasteiger partial charge in [0.2, 0.25) is 0 Å². The molecule has 0 saturated heterocycles. The van der Waals surface area contributed by atoms with Gasteiger partial charge in [-0.15, -0.1) is 0 Å². The van der Waals surface area contributed by atoms with Crippen LogP contribution in [0.5, 0.6) is 0 Å². The van der Waals surface area contributed by atoms with Crippen LogP contribution in [0.2, 0.25) is 5.02 Å². The Hall–Kier alpha value is -0.600. The number of hydrogen-bond acceptors (Lipinski definition) is 1. The van der Waals surface area contributed by atoms with Gasteiger partial charge in [0.25, 0.3) is 0 Å². The number of rotatable bonds is 2. The van der Waals surface area contributed by atoms with E-state index >= 15 is 0 Å². The largest absolute Gasteiger partial charge is 0.390 e. The first-order chi connectivity index (χ1) is 8.38. The lowest BCUT2D eigenvalue weighted by atomic mass is 9.71. The number of benzene rings is 1. The zero-order valence-electron chi connectivity index (χ0n) is 10.9. The molecule has 1 fully saturated rings. The fourth-order valence-electron chi connectivity index (χ4n) is 3.41. The van der Waals surface area contributed by atoms with Crippen molar-refractivity contribution in [3.05, 3.63) is 34.6 Å². The SMILES string of the molecule is CC1CC(C)CC(O)(Cc2cc(F)ccc2Cl)C1. The highest BCUT2D eigenvalue weighted by molar-refractivity contribution is 6.31. The minimum absolute atomic E-state index is 0.296. The summed E-state index contributed by atoms with van der Waals surface area (Å²) in [5, 5.41) is 11.2. The van der Waals surface area contributed by atoms with E-state index in [1.807, 2.05) is 0 Å². The van der Waals surface area contributed by atoms with Gasteiger partial charge in [-0.25, -0.2) is 4.39 Å². The smallest absolute Gasteiger partial charge is 0.123 e. The minimum atomic E-state index is -0.742. The maximum Gasteiger partial charge on any atom is 0.123 e. The van der Waals surface area contributed by atoms with Crippen molar-refractivity contribution in [2.75, 3.05) is 0 Å². The molecule has 1 aliphatic rings. The average Bonchev–Trinajstić information content (AvgIpc) is 2.21. The van der Waals surface area contributed by atoms with Gasteiger partial charge in [0.15, 0.2) is 0 Å². The summed E-state index contributed by atoms with van der Waals surface area (Å²) in [6.07, 6.45) is 3.13. The molecule has 18 heavy (non-hydrogen) atoms. The topological polar surface area (TPSA) is 20.2 Å². The molecule has 1 aromatic rings. The van der Waals surface area contributed by atoms with E-state index in [4.69, 9.17) is 11.6 Å². The standard InChI is InChI=1S/C15H20ClFO/c1-10-5-11(2)8-15(18,7-10)9-12-6-13(17)3-4-14(12)16/h3-4,6,10-11,18H,5,7-9H2,1-2H3. The van der Waals surface area contributed by atoms with Crippen LogP contribution in [0.15, 0.2) is 18.2 Å². The third kappa shape index (κ3) is 3.24. The zero-order chi connectivity index (χ0) is 13.3. The summed E-state index contributed by atoms with van der Waals surface area (Å²) < 4.78 is 13.2. The third-order valence-corrected chi connectivity index (χ3v) is 4.16. The summed E-state index contributed by atoms with van der Waals surface area (Å²) >= 11 is 6.07. The molecular formula is C15H20ClFO. The van der Waals surface area contributed by atoms with Crippen molar-refractivity contribution < 1.29 is 9.50 Å². The second-order valence-electron chi connectivity index (χ2n) is 5.99. The quantitative estimate of drug-likeness (QED) is 0.854. The van der Waals surface area contributed by atoms with Crippen molar-refractivity contribution >= 4 is 11.6 Å². The molecule has 2 atom stereocenters. The molecule has 0 aliphatic heterocycles. The molecule has 1 nitrogen and oxygen atoms in total. The van der Waals surface area contributed by atoms with Crippen LogP contribution < -0.4 is 0 Å². The van der Waals surface area contributed by atoms with Crippen molar-refractivity contribution in [3.63, 3.8) is 0 Å². The second kappa shape index (κ2) is 5.18. The van der Waals surface area contributed by atoms with Crippen LogP contribution in [0.1, 0.15) is 38.7 Å². The van der Waals surface area contributed by atoms with Gasteiger partial charge in [-0.1, -0.05) is 25.4 Å². The summed E-state index contributed by atoms with van der Waals surface area (Å²) in [6, 6.07) is 4.34. The first-order valence-electron chi connectivity index (χ1n) is 6.54. The van der Waals surface area contributed by atoms with Gasteiger partial charge < -0.3 is 5.11 Å². The Labute approximate surface area is 113 Å². The molecule has 1 N–H and O–H groups in total. The third-order valence-electron chi connectivity index (χ3n) is 3.79. The Bertz CT molecular complexity index is 423. The molecule has 0 aromatic heterocycles. The lowest BCUT2D eigenvalue weighted by Crippen LogP contribution is -2.39. The fourth-order valence-corrected chi connectivity index (χ4v) is 3.60. The Balaban J connectivity index is 2.18. The Morgan fingerprint density at radius 2 is 1.94 bits per heavy atom. The molecule has 3 heteroatoms. The Kier molecular flexibility index (Phi) is 3.98. The van der Waals surface area contributed by atoms with Crippen molar-refractivity contribution in [2.24, 2.45) is 11.8 Å². The molecule has 1 aliphatic carbocycles. The van der Waals surface area contributed by atoms with Crippen LogP contribution >= 0.6 is 11.6 Å². The summed E-state index contributed by atoms with van der Waals surface area (Å²) in [6.45, 7) is 4.32. The van der Waals surface area contributed by atoms with Crippen LogP contribution in [0.4, 0.5) is 4.39 Å². The molecule has 2 unspecified atom stereocenters. The van der Waals surface area contributed by atoms with Crippen LogP contribution in [0, 0.1) is 17.7 Å². The monoisotopic (exact) mass is 270 g/mol. The highest BCUT2D eigenvalue weighted by atomic mass is 35.5. The van der Waals surface area contributed by atoms with E-state index in [0.717, 1.165) is 19.3 Å². The predicted molar refractivity (Wildman–Crippen MR) is 72.2 cm³/mol. The van der Waals surface area contributed by atoms with Crippen LogP contribution in [-0.2, 0) is 6.42 Å². The van der Waals surface area contributed by atoms with E-state index in [2.05, 4.69) is 13.8 Å². The van der Waals surface area contributed by atoms with E-state index in [9.17, 15) is 9.50 Å². The van der Waals surface area contributed by atoms with E-state index < -0.39 is 5.60 Å². The molecule has 2 rings (SSSR count). The van der Waals surface area contributed by atoms with Gasteiger partial charge in [0.05, 0.1) is 5.60 Å². The molecule has 1 aromatic carbocycles. The lowest BCUT2D eigenvalue weighted by Gasteiger charge is -2.39. The summed E-state index contributed by atoms with van der Waals surface area (Å²) in [7, 11) is 0. The molecule has 0 radical (unpaired) electrons. The normalized spacial score (nSPS) is 32.5. The highest BCUT2D eigenvalue weighted by Crippen LogP contribution is 2.38. The number of halogens is 2. The van der Waals surface area contributed by atoms with Crippen LogP contribution in [0.25, 0.3) is 0 Å². The summed E-state index contributed by atoms with van der Waals surface area (Å²) in [5.74, 6) is 0.715. The van der Waals surface area contributed by atoms with Gasteiger partial charge >= 0.3 is 0 Å². The van der Waals surface area contributed by atoms with Gasteiger partial charge in [-0.05, 0) is 54.9 Å².